The molecule has 2 aliphatic rings. The summed E-state index contributed by atoms with van der Waals surface area (Å²) in [5.41, 5.74) is 5.98. The topological polar surface area (TPSA) is 111 Å². The van der Waals surface area contributed by atoms with E-state index in [9.17, 15) is 14.7 Å². The number of amides is 2. The minimum Gasteiger partial charge on any atom is -0.508 e. The lowest BCUT2D eigenvalue weighted by molar-refractivity contribution is -0.134. The molecular weight excluding hydrogens is 466 g/mol. The van der Waals surface area contributed by atoms with E-state index in [0.717, 1.165) is 5.56 Å². The molecule has 2 saturated heterocycles. The molecule has 0 spiro atoms. The van der Waals surface area contributed by atoms with Gasteiger partial charge >= 0.3 is 7.12 Å². The molecule has 0 saturated carbocycles. The van der Waals surface area contributed by atoms with Crippen LogP contribution in [0.4, 0.5) is 4.39 Å². The van der Waals surface area contributed by atoms with E-state index in [0.29, 0.717) is 12.0 Å². The molecule has 2 amide bonds. The van der Waals surface area contributed by atoms with E-state index >= 15 is 4.39 Å². The number of ether oxygens (including phenoxy) is 1. The lowest BCUT2D eigenvalue weighted by Gasteiger charge is -2.35. The maximum absolute atomic E-state index is 15.1. The van der Waals surface area contributed by atoms with Gasteiger partial charge in [0.2, 0.25) is 5.91 Å². The first-order chi connectivity index (χ1) is 16.9. The van der Waals surface area contributed by atoms with E-state index in [1.54, 1.807) is 30.3 Å². The van der Waals surface area contributed by atoms with Crippen LogP contribution in [0.2, 0.25) is 0 Å². The molecule has 2 aromatic rings. The van der Waals surface area contributed by atoms with E-state index in [-0.39, 0.29) is 42.4 Å². The number of carbonyl (C=O) groups is 2. The van der Waals surface area contributed by atoms with E-state index in [1.165, 1.54) is 17.0 Å². The summed E-state index contributed by atoms with van der Waals surface area (Å²) in [7, 11) is -0.682. The Labute approximate surface area is 210 Å². The molecule has 0 aliphatic carbocycles. The largest absolute Gasteiger partial charge is 0.508 e. The molecule has 36 heavy (non-hydrogen) atoms. The first-order valence-corrected chi connectivity index (χ1v) is 12.0. The van der Waals surface area contributed by atoms with Crippen LogP contribution in [0.15, 0.2) is 42.5 Å². The normalized spacial score (nSPS) is 22.9. The number of nitrogens with zero attached hydrogens (tertiary/aromatic N) is 1. The van der Waals surface area contributed by atoms with E-state index in [4.69, 9.17) is 19.8 Å². The Hall–Kier alpha value is -3.11. The fourth-order valence-electron chi connectivity index (χ4n) is 4.27. The van der Waals surface area contributed by atoms with Gasteiger partial charge in [0.25, 0.3) is 5.91 Å². The second-order valence-electron chi connectivity index (χ2n) is 10.4. The van der Waals surface area contributed by atoms with Crippen LogP contribution in [0, 0.1) is 0 Å². The monoisotopic (exact) mass is 498 g/mol. The lowest BCUT2D eigenvalue weighted by Crippen LogP contribution is -2.49. The van der Waals surface area contributed by atoms with E-state index < -0.39 is 36.5 Å². The Kier molecular flexibility index (Phi) is 7.03. The summed E-state index contributed by atoms with van der Waals surface area (Å²) < 4.78 is 33.1. The van der Waals surface area contributed by atoms with Crippen molar-refractivity contribution in [1.82, 2.24) is 4.90 Å². The summed E-state index contributed by atoms with van der Waals surface area (Å²) in [4.78, 5) is 26.3. The molecule has 0 unspecified atom stereocenters. The molecule has 192 valence electrons. The number of hydrogen-bond acceptors (Lipinski definition) is 6. The van der Waals surface area contributed by atoms with Gasteiger partial charge in [0.05, 0.1) is 29.7 Å². The highest BCUT2D eigenvalue weighted by molar-refractivity contribution is 6.62. The molecule has 0 bridgehead atoms. The molecule has 0 aromatic heterocycles. The number of benzene rings is 2. The predicted octanol–water partition coefficient (Wildman–Crippen LogP) is 2.35. The molecular formula is C26H32BFN2O6. The first-order valence-electron chi connectivity index (χ1n) is 12.0. The maximum atomic E-state index is 15.1. The van der Waals surface area contributed by atoms with Gasteiger partial charge in [0, 0.05) is 13.0 Å². The number of alkyl halides is 1. The minimum atomic E-state index is -1.44. The molecule has 0 radical (unpaired) electrons. The molecule has 3 N–H and O–H groups in total. The van der Waals surface area contributed by atoms with Crippen LogP contribution in [0.3, 0.4) is 0 Å². The highest BCUT2D eigenvalue weighted by Gasteiger charge is 2.51. The quantitative estimate of drug-likeness (QED) is 0.592. The molecule has 2 atom stereocenters. The highest BCUT2D eigenvalue weighted by atomic mass is 19.1. The smallest absolute Gasteiger partial charge is 0.494 e. The zero-order chi connectivity index (χ0) is 26.3. The Morgan fingerprint density at radius 3 is 2.36 bits per heavy atom. The van der Waals surface area contributed by atoms with Crippen molar-refractivity contribution >= 4 is 24.4 Å². The standard InChI is InChI=1S/C26H32BFN2O6/c1-25(2)26(3,4)36-27(35-25)17-7-10-21(19(14-17)24(29)33)34-22-11-12-30(15-20(22)28)23(32)13-16-5-8-18(31)9-6-16/h5-10,14,20,22,31H,11-13,15H2,1-4H3,(H2,29,33)/t20-,22+/m1/s1. The average Bonchev–Trinajstić information content (AvgIpc) is 3.03. The van der Waals surface area contributed by atoms with Gasteiger partial charge in [-0.25, -0.2) is 4.39 Å². The van der Waals surface area contributed by atoms with Gasteiger partial charge in [-0.1, -0.05) is 18.2 Å². The van der Waals surface area contributed by atoms with E-state index in [2.05, 4.69) is 0 Å². The fraction of sp³-hybridized carbons (Fsp3) is 0.462. The zero-order valence-corrected chi connectivity index (χ0v) is 21.0. The van der Waals surface area contributed by atoms with Gasteiger partial charge in [-0.05, 0) is 63.0 Å². The zero-order valence-electron chi connectivity index (χ0n) is 21.0. The predicted molar refractivity (Wildman–Crippen MR) is 133 cm³/mol. The van der Waals surface area contributed by atoms with Crippen molar-refractivity contribution < 1.29 is 33.1 Å². The number of phenols is 1. The van der Waals surface area contributed by atoms with Crippen molar-refractivity contribution in [3.63, 3.8) is 0 Å². The molecule has 8 nitrogen and oxygen atoms in total. The van der Waals surface area contributed by atoms with Crippen molar-refractivity contribution in [2.45, 2.75) is 64.0 Å². The van der Waals surface area contributed by atoms with Gasteiger partial charge in [0.1, 0.15) is 17.6 Å². The average molecular weight is 498 g/mol. The van der Waals surface area contributed by atoms with Crippen LogP contribution >= 0.6 is 0 Å². The summed E-state index contributed by atoms with van der Waals surface area (Å²) in [6, 6.07) is 11.2. The van der Waals surface area contributed by atoms with Crippen LogP contribution in [0.1, 0.15) is 50.0 Å². The molecule has 2 aliphatic heterocycles. The SMILES string of the molecule is CC1(C)OB(c2ccc(O[C@H]3CCN(C(=O)Cc4ccc(O)cc4)C[C@H]3F)c(C(N)=O)c2)OC1(C)C. The minimum absolute atomic E-state index is 0.111. The molecule has 4 rings (SSSR count). The van der Waals surface area contributed by atoms with Crippen molar-refractivity contribution in [3.8, 4) is 11.5 Å². The van der Waals surface area contributed by atoms with Gasteiger partial charge in [-0.15, -0.1) is 0 Å². The third-order valence-electron chi connectivity index (χ3n) is 7.20. The Morgan fingerprint density at radius 2 is 1.78 bits per heavy atom. The van der Waals surface area contributed by atoms with Crippen LogP contribution in [0.25, 0.3) is 0 Å². The number of likely N-dealkylation sites (tertiary alicyclic amines) is 1. The fourth-order valence-corrected chi connectivity index (χ4v) is 4.27. The second-order valence-corrected chi connectivity index (χ2v) is 10.4. The second kappa shape index (κ2) is 9.74. The molecule has 10 heteroatoms. The van der Waals surface area contributed by atoms with Gasteiger partial charge in [-0.2, -0.15) is 0 Å². The molecule has 2 fully saturated rings. The Bertz CT molecular complexity index is 1120. The van der Waals surface area contributed by atoms with Crippen molar-refractivity contribution in [2.24, 2.45) is 5.73 Å². The molecule has 2 heterocycles. The number of hydrogen-bond donors (Lipinski definition) is 2. The summed E-state index contributed by atoms with van der Waals surface area (Å²) in [5, 5.41) is 9.39. The third kappa shape index (κ3) is 5.34. The van der Waals surface area contributed by atoms with Crippen LogP contribution in [-0.2, 0) is 20.5 Å². The number of halogens is 1. The molecule has 2 aromatic carbocycles. The first kappa shape index (κ1) is 26.0. The van der Waals surface area contributed by atoms with Crippen molar-refractivity contribution in [2.75, 3.05) is 13.1 Å². The van der Waals surface area contributed by atoms with Crippen LogP contribution < -0.4 is 15.9 Å². The van der Waals surface area contributed by atoms with Crippen LogP contribution in [0.5, 0.6) is 11.5 Å². The lowest BCUT2D eigenvalue weighted by atomic mass is 9.78. The third-order valence-corrected chi connectivity index (χ3v) is 7.20. The van der Waals surface area contributed by atoms with Crippen LogP contribution in [-0.4, -0.2) is 65.5 Å². The Balaban J connectivity index is 1.42. The number of rotatable bonds is 6. The Morgan fingerprint density at radius 1 is 1.14 bits per heavy atom. The van der Waals surface area contributed by atoms with Gasteiger partial charge < -0.3 is 29.8 Å². The van der Waals surface area contributed by atoms with Crippen molar-refractivity contribution in [1.29, 1.82) is 0 Å². The summed E-state index contributed by atoms with van der Waals surface area (Å²) in [5.74, 6) is -0.613. The number of aromatic hydroxyl groups is 1. The highest BCUT2D eigenvalue weighted by Crippen LogP contribution is 2.37. The summed E-state index contributed by atoms with van der Waals surface area (Å²) in [6.45, 7) is 7.94. The number of carbonyl (C=O) groups excluding carboxylic acids is 2. The van der Waals surface area contributed by atoms with Crippen molar-refractivity contribution in [3.05, 3.63) is 53.6 Å². The summed E-state index contributed by atoms with van der Waals surface area (Å²) >= 11 is 0. The van der Waals surface area contributed by atoms with E-state index in [1.807, 2.05) is 27.7 Å². The number of piperidine rings is 1. The number of primary amides is 1. The summed E-state index contributed by atoms with van der Waals surface area (Å²) in [6.07, 6.45) is -1.89. The number of phenolic OH excluding ortho intramolecular Hbond substituents is 1. The van der Waals surface area contributed by atoms with Gasteiger partial charge in [-0.3, -0.25) is 9.59 Å². The van der Waals surface area contributed by atoms with Gasteiger partial charge in [0.15, 0.2) is 6.17 Å². The maximum Gasteiger partial charge on any atom is 0.494 e. The number of nitrogens with two attached hydrogens (primary N) is 1.